The van der Waals surface area contributed by atoms with Crippen molar-refractivity contribution in [1.29, 1.82) is 0 Å². The van der Waals surface area contributed by atoms with E-state index in [9.17, 15) is 9.59 Å². The topological polar surface area (TPSA) is 55.4 Å². The van der Waals surface area contributed by atoms with Crippen LogP contribution < -0.4 is 5.32 Å². The van der Waals surface area contributed by atoms with E-state index in [2.05, 4.69) is 5.32 Å². The summed E-state index contributed by atoms with van der Waals surface area (Å²) in [4.78, 5) is 23.9. The Kier molecular flexibility index (Phi) is 5.10. The Labute approximate surface area is 114 Å². The van der Waals surface area contributed by atoms with Gasteiger partial charge in [-0.25, -0.2) is 4.79 Å². The fourth-order valence-electron chi connectivity index (χ4n) is 1.53. The van der Waals surface area contributed by atoms with E-state index in [1.165, 1.54) is 0 Å². The molecule has 0 bridgehead atoms. The third-order valence-corrected chi connectivity index (χ3v) is 2.44. The van der Waals surface area contributed by atoms with Gasteiger partial charge in [-0.15, -0.1) is 0 Å². The number of ether oxygens (including phenoxy) is 1. The van der Waals surface area contributed by atoms with Gasteiger partial charge in [0.25, 0.3) is 5.91 Å². The minimum absolute atomic E-state index is 0.265. The van der Waals surface area contributed by atoms with Crippen LogP contribution in [0.2, 0.25) is 0 Å². The number of rotatable bonds is 4. The van der Waals surface area contributed by atoms with Gasteiger partial charge in [0.15, 0.2) is 0 Å². The molecule has 0 heterocycles. The number of nitrogens with one attached hydrogen (secondary N) is 1. The maximum absolute atomic E-state index is 12.0. The van der Waals surface area contributed by atoms with Crippen molar-refractivity contribution in [1.82, 2.24) is 5.32 Å². The van der Waals surface area contributed by atoms with Crippen molar-refractivity contribution in [3.05, 3.63) is 35.9 Å². The average Bonchev–Trinajstić information content (AvgIpc) is 2.34. The van der Waals surface area contributed by atoms with Crippen LogP contribution in [0.15, 0.2) is 30.3 Å². The first-order chi connectivity index (χ1) is 8.83. The maximum Gasteiger partial charge on any atom is 0.329 e. The van der Waals surface area contributed by atoms with E-state index in [4.69, 9.17) is 4.74 Å². The van der Waals surface area contributed by atoms with Crippen LogP contribution in [-0.2, 0) is 9.53 Å². The second-order valence-corrected chi connectivity index (χ2v) is 5.33. The summed E-state index contributed by atoms with van der Waals surface area (Å²) in [5.74, 6) is -0.669. The highest BCUT2D eigenvalue weighted by molar-refractivity contribution is 5.96. The second-order valence-electron chi connectivity index (χ2n) is 5.33. The Hall–Kier alpha value is -1.84. The zero-order valence-electron chi connectivity index (χ0n) is 11.9. The quantitative estimate of drug-likeness (QED) is 0.849. The number of esters is 1. The number of hydrogen-bond acceptors (Lipinski definition) is 3. The molecule has 0 spiro atoms. The number of carbonyl (C=O) groups excluding carboxylic acids is 2. The summed E-state index contributed by atoms with van der Waals surface area (Å²) in [5, 5.41) is 2.69. The number of carbonyl (C=O) groups is 2. The highest BCUT2D eigenvalue weighted by atomic mass is 16.6. The summed E-state index contributed by atoms with van der Waals surface area (Å²) in [6.45, 7) is 7.24. The molecule has 1 N–H and O–H groups in total. The van der Waals surface area contributed by atoms with Crippen molar-refractivity contribution >= 4 is 11.9 Å². The molecule has 0 aromatic heterocycles. The van der Waals surface area contributed by atoms with Gasteiger partial charge >= 0.3 is 5.97 Å². The summed E-state index contributed by atoms with van der Waals surface area (Å²) < 4.78 is 5.27. The Bertz CT molecular complexity index is 434. The molecule has 0 aliphatic rings. The normalized spacial score (nSPS) is 12.6. The molecule has 104 valence electrons. The molecule has 19 heavy (non-hydrogen) atoms. The molecule has 0 aliphatic heterocycles. The molecule has 0 aliphatic carbocycles. The molecule has 0 saturated carbocycles. The van der Waals surface area contributed by atoms with Crippen LogP contribution in [0.3, 0.4) is 0 Å². The lowest BCUT2D eigenvalue weighted by Crippen LogP contribution is -2.43. The van der Waals surface area contributed by atoms with Crippen LogP contribution in [0, 0.1) is 0 Å². The Morgan fingerprint density at radius 3 is 2.26 bits per heavy atom. The van der Waals surface area contributed by atoms with E-state index < -0.39 is 17.6 Å². The largest absolute Gasteiger partial charge is 0.458 e. The van der Waals surface area contributed by atoms with Gasteiger partial charge in [0.1, 0.15) is 11.6 Å². The minimum atomic E-state index is -0.619. The van der Waals surface area contributed by atoms with Crippen molar-refractivity contribution in [2.24, 2.45) is 0 Å². The zero-order valence-corrected chi connectivity index (χ0v) is 11.9. The highest BCUT2D eigenvalue weighted by Gasteiger charge is 2.25. The third kappa shape index (κ3) is 5.12. The second kappa shape index (κ2) is 6.36. The molecular weight excluding hydrogens is 242 g/mol. The minimum Gasteiger partial charge on any atom is -0.458 e. The molecule has 0 unspecified atom stereocenters. The Morgan fingerprint density at radius 2 is 1.79 bits per heavy atom. The highest BCUT2D eigenvalue weighted by Crippen LogP contribution is 2.10. The number of amides is 1. The predicted octanol–water partition coefficient (Wildman–Crippen LogP) is 2.54. The molecule has 1 aromatic rings. The summed E-state index contributed by atoms with van der Waals surface area (Å²) >= 11 is 0. The van der Waals surface area contributed by atoms with Gasteiger partial charge in [-0.05, 0) is 39.3 Å². The van der Waals surface area contributed by atoms with Gasteiger partial charge in [0.05, 0.1) is 0 Å². The Balaban J connectivity index is 2.67. The van der Waals surface area contributed by atoms with Gasteiger partial charge in [0, 0.05) is 5.56 Å². The molecule has 1 amide bonds. The number of benzene rings is 1. The van der Waals surface area contributed by atoms with Crippen LogP contribution in [-0.4, -0.2) is 23.5 Å². The van der Waals surface area contributed by atoms with Crippen molar-refractivity contribution in [3.8, 4) is 0 Å². The van der Waals surface area contributed by atoms with E-state index in [0.29, 0.717) is 12.0 Å². The lowest BCUT2D eigenvalue weighted by Gasteiger charge is -2.24. The van der Waals surface area contributed by atoms with Crippen molar-refractivity contribution in [2.45, 2.75) is 45.8 Å². The maximum atomic E-state index is 12.0. The summed E-state index contributed by atoms with van der Waals surface area (Å²) in [7, 11) is 0. The predicted molar refractivity (Wildman–Crippen MR) is 73.8 cm³/mol. The Morgan fingerprint density at radius 1 is 1.21 bits per heavy atom. The van der Waals surface area contributed by atoms with Crippen molar-refractivity contribution in [2.75, 3.05) is 0 Å². The molecular formula is C15H21NO3. The fraction of sp³-hybridized carbons (Fsp3) is 0.467. The molecule has 0 fully saturated rings. The molecule has 0 saturated heterocycles. The van der Waals surface area contributed by atoms with E-state index in [0.717, 1.165) is 0 Å². The molecule has 1 rings (SSSR count). The fourth-order valence-corrected chi connectivity index (χ4v) is 1.53. The van der Waals surface area contributed by atoms with Crippen LogP contribution in [0.4, 0.5) is 0 Å². The first kappa shape index (κ1) is 15.2. The summed E-state index contributed by atoms with van der Waals surface area (Å²) in [6, 6.07) is 8.19. The van der Waals surface area contributed by atoms with Gasteiger partial charge in [-0.3, -0.25) is 4.79 Å². The van der Waals surface area contributed by atoms with Gasteiger partial charge in [0.2, 0.25) is 0 Å². The first-order valence-corrected chi connectivity index (χ1v) is 6.42. The molecule has 4 nitrogen and oxygen atoms in total. The number of hydrogen-bond donors (Lipinski definition) is 1. The third-order valence-electron chi connectivity index (χ3n) is 2.44. The molecule has 4 heteroatoms. The monoisotopic (exact) mass is 263 g/mol. The first-order valence-electron chi connectivity index (χ1n) is 6.42. The smallest absolute Gasteiger partial charge is 0.329 e. The van der Waals surface area contributed by atoms with E-state index in [-0.39, 0.29) is 5.91 Å². The van der Waals surface area contributed by atoms with Crippen molar-refractivity contribution < 1.29 is 14.3 Å². The van der Waals surface area contributed by atoms with E-state index >= 15 is 0 Å². The molecule has 1 aromatic carbocycles. The summed E-state index contributed by atoms with van der Waals surface area (Å²) in [5.41, 5.74) is -0.0216. The van der Waals surface area contributed by atoms with Gasteiger partial charge in [-0.2, -0.15) is 0 Å². The van der Waals surface area contributed by atoms with Gasteiger partial charge in [-0.1, -0.05) is 25.1 Å². The van der Waals surface area contributed by atoms with Crippen LogP contribution in [0.5, 0.6) is 0 Å². The van der Waals surface area contributed by atoms with Crippen LogP contribution in [0.25, 0.3) is 0 Å². The SMILES string of the molecule is CC[C@H](NC(=O)c1ccccc1)C(=O)OC(C)(C)C. The van der Waals surface area contributed by atoms with E-state index in [1.807, 2.05) is 13.0 Å². The standard InChI is InChI=1S/C15H21NO3/c1-5-12(14(18)19-15(2,3)4)16-13(17)11-9-7-6-8-10-11/h6-10,12H,5H2,1-4H3,(H,16,17)/t12-/m0/s1. The van der Waals surface area contributed by atoms with Crippen LogP contribution in [0.1, 0.15) is 44.5 Å². The van der Waals surface area contributed by atoms with E-state index in [1.54, 1.807) is 45.0 Å². The lowest BCUT2D eigenvalue weighted by atomic mass is 10.1. The van der Waals surface area contributed by atoms with Crippen LogP contribution >= 0.6 is 0 Å². The summed E-state index contributed by atoms with van der Waals surface area (Å²) in [6.07, 6.45) is 0.494. The van der Waals surface area contributed by atoms with Crippen molar-refractivity contribution in [3.63, 3.8) is 0 Å². The lowest BCUT2D eigenvalue weighted by molar-refractivity contribution is -0.157. The van der Waals surface area contributed by atoms with Gasteiger partial charge < -0.3 is 10.1 Å². The molecule has 0 radical (unpaired) electrons. The zero-order chi connectivity index (χ0) is 14.5. The average molecular weight is 263 g/mol. The molecule has 1 atom stereocenters.